The van der Waals surface area contributed by atoms with Crippen LogP contribution in [0.1, 0.15) is 31.7 Å². The van der Waals surface area contributed by atoms with Crippen molar-refractivity contribution in [3.8, 4) is 0 Å². The second-order valence-electron chi connectivity index (χ2n) is 6.93. The smallest absolute Gasteiger partial charge is 0.319 e. The predicted molar refractivity (Wildman–Crippen MR) is 101 cm³/mol. The molecule has 1 saturated heterocycles. The zero-order chi connectivity index (χ0) is 18.1. The van der Waals surface area contributed by atoms with E-state index in [1.165, 1.54) is 19.4 Å². The van der Waals surface area contributed by atoms with Crippen molar-refractivity contribution in [2.45, 2.75) is 33.1 Å². The summed E-state index contributed by atoms with van der Waals surface area (Å²) in [4.78, 5) is 26.0. The van der Waals surface area contributed by atoms with Crippen LogP contribution < -0.4 is 16.0 Å². The van der Waals surface area contributed by atoms with Crippen molar-refractivity contribution in [2.75, 3.05) is 38.0 Å². The van der Waals surface area contributed by atoms with Gasteiger partial charge in [0, 0.05) is 18.8 Å². The second kappa shape index (κ2) is 10.0. The van der Waals surface area contributed by atoms with Crippen LogP contribution in [0.25, 0.3) is 0 Å². The molecule has 0 aliphatic carbocycles. The summed E-state index contributed by atoms with van der Waals surface area (Å²) in [5.74, 6) is 0.617. The minimum atomic E-state index is -0.372. The number of anilines is 1. The summed E-state index contributed by atoms with van der Waals surface area (Å²) in [5.41, 5.74) is 1.78. The Kier molecular flexibility index (Phi) is 7.73. The lowest BCUT2D eigenvalue weighted by atomic mass is 10.0. The molecule has 0 aromatic heterocycles. The zero-order valence-electron chi connectivity index (χ0n) is 15.3. The summed E-state index contributed by atoms with van der Waals surface area (Å²) in [6.07, 6.45) is 3.53. The second-order valence-corrected chi connectivity index (χ2v) is 6.93. The monoisotopic (exact) mass is 346 g/mol. The Bertz CT molecular complexity index is 576. The van der Waals surface area contributed by atoms with Crippen molar-refractivity contribution in [1.82, 2.24) is 15.5 Å². The highest BCUT2D eigenvalue weighted by atomic mass is 16.2. The van der Waals surface area contributed by atoms with Gasteiger partial charge in [-0.2, -0.15) is 0 Å². The zero-order valence-corrected chi connectivity index (χ0v) is 15.3. The number of rotatable bonds is 7. The maximum atomic E-state index is 11.8. The van der Waals surface area contributed by atoms with Crippen LogP contribution in [0.4, 0.5) is 10.5 Å². The lowest BCUT2D eigenvalue weighted by molar-refractivity contribution is -0.120. The molecule has 0 spiro atoms. The highest BCUT2D eigenvalue weighted by Crippen LogP contribution is 2.15. The summed E-state index contributed by atoms with van der Waals surface area (Å²) >= 11 is 0. The summed E-state index contributed by atoms with van der Waals surface area (Å²) in [5, 5.41) is 8.14. The van der Waals surface area contributed by atoms with Gasteiger partial charge in [0.2, 0.25) is 5.91 Å². The van der Waals surface area contributed by atoms with Crippen molar-refractivity contribution in [3.05, 3.63) is 29.8 Å². The van der Waals surface area contributed by atoms with Crippen LogP contribution in [-0.4, -0.2) is 49.6 Å². The van der Waals surface area contributed by atoms with Crippen LogP contribution in [0, 0.1) is 12.8 Å². The van der Waals surface area contributed by atoms with E-state index in [1.54, 1.807) is 0 Å². The molecule has 1 atom stereocenters. The Hall–Kier alpha value is -2.08. The number of hydrogen-bond acceptors (Lipinski definition) is 3. The number of carbonyl (C=O) groups excluding carboxylic acids is 2. The van der Waals surface area contributed by atoms with Gasteiger partial charge in [0.15, 0.2) is 0 Å². The molecule has 1 fully saturated rings. The van der Waals surface area contributed by atoms with Crippen LogP contribution in [0.15, 0.2) is 24.3 Å². The minimum absolute atomic E-state index is 0.0155. The fourth-order valence-electron chi connectivity index (χ4n) is 3.14. The molecule has 0 radical (unpaired) electrons. The molecule has 2 rings (SSSR count). The average Bonchev–Trinajstić information content (AvgIpc) is 2.57. The third-order valence-corrected chi connectivity index (χ3v) is 4.40. The molecule has 1 heterocycles. The number of likely N-dealkylation sites (tertiary alicyclic amines) is 1. The van der Waals surface area contributed by atoms with Gasteiger partial charge in [0.25, 0.3) is 0 Å². The summed E-state index contributed by atoms with van der Waals surface area (Å²) in [6, 6.07) is 7.15. The van der Waals surface area contributed by atoms with E-state index in [-0.39, 0.29) is 18.5 Å². The molecule has 138 valence electrons. The van der Waals surface area contributed by atoms with Crippen LogP contribution in [0.3, 0.4) is 0 Å². The number of benzene rings is 1. The maximum Gasteiger partial charge on any atom is 0.319 e. The number of piperidine rings is 1. The third kappa shape index (κ3) is 7.56. The number of nitrogens with one attached hydrogen (secondary N) is 3. The fourth-order valence-corrected chi connectivity index (χ4v) is 3.14. The molecule has 0 saturated carbocycles. The molecule has 6 heteroatoms. The Morgan fingerprint density at radius 3 is 2.88 bits per heavy atom. The molecular formula is C19H30N4O2. The molecule has 6 nitrogen and oxygen atoms in total. The van der Waals surface area contributed by atoms with E-state index in [9.17, 15) is 9.59 Å². The Morgan fingerprint density at radius 1 is 1.28 bits per heavy atom. The van der Waals surface area contributed by atoms with Crippen molar-refractivity contribution < 1.29 is 9.59 Å². The van der Waals surface area contributed by atoms with E-state index in [4.69, 9.17) is 0 Å². The van der Waals surface area contributed by atoms with Gasteiger partial charge < -0.3 is 20.9 Å². The normalized spacial score (nSPS) is 17.8. The summed E-state index contributed by atoms with van der Waals surface area (Å²) in [6.45, 7) is 8.23. The number of hydrogen-bond donors (Lipinski definition) is 3. The highest BCUT2D eigenvalue weighted by Gasteiger charge is 2.15. The van der Waals surface area contributed by atoms with E-state index in [2.05, 4.69) is 27.8 Å². The van der Waals surface area contributed by atoms with Gasteiger partial charge in [-0.3, -0.25) is 4.79 Å². The lowest BCUT2D eigenvalue weighted by Gasteiger charge is -2.30. The number of carbonyl (C=O) groups is 2. The molecule has 1 unspecified atom stereocenters. The first-order valence-corrected chi connectivity index (χ1v) is 9.13. The Morgan fingerprint density at radius 2 is 2.12 bits per heavy atom. The van der Waals surface area contributed by atoms with Crippen LogP contribution in [0.5, 0.6) is 0 Å². The topological polar surface area (TPSA) is 73.5 Å². The van der Waals surface area contributed by atoms with Crippen LogP contribution in [-0.2, 0) is 4.79 Å². The van der Waals surface area contributed by atoms with Gasteiger partial charge >= 0.3 is 6.03 Å². The summed E-state index contributed by atoms with van der Waals surface area (Å²) < 4.78 is 0. The Balaban J connectivity index is 1.55. The molecule has 1 aliphatic rings. The number of aryl methyl sites for hydroxylation is 1. The molecule has 1 aliphatic heterocycles. The predicted octanol–water partition coefficient (Wildman–Crippen LogP) is 2.35. The number of amides is 3. The van der Waals surface area contributed by atoms with E-state index in [0.29, 0.717) is 12.2 Å². The van der Waals surface area contributed by atoms with E-state index in [0.717, 1.165) is 31.0 Å². The van der Waals surface area contributed by atoms with Crippen molar-refractivity contribution in [3.63, 3.8) is 0 Å². The average molecular weight is 346 g/mol. The van der Waals surface area contributed by atoms with E-state index >= 15 is 0 Å². The SMILES string of the molecule is Cc1cccc(NC(=O)NCC(=O)NCCCN2CCCC(C)C2)c1. The van der Waals surface area contributed by atoms with Gasteiger partial charge in [-0.1, -0.05) is 19.1 Å². The molecule has 1 aromatic rings. The van der Waals surface area contributed by atoms with Crippen molar-refractivity contribution >= 4 is 17.6 Å². The Labute approximate surface area is 150 Å². The largest absolute Gasteiger partial charge is 0.355 e. The fraction of sp³-hybridized carbons (Fsp3) is 0.579. The van der Waals surface area contributed by atoms with Gasteiger partial charge in [-0.15, -0.1) is 0 Å². The number of nitrogens with zero attached hydrogens (tertiary/aromatic N) is 1. The molecule has 1 aromatic carbocycles. The first-order chi connectivity index (χ1) is 12.0. The van der Waals surface area contributed by atoms with Crippen molar-refractivity contribution in [1.29, 1.82) is 0 Å². The number of urea groups is 1. The third-order valence-electron chi connectivity index (χ3n) is 4.40. The van der Waals surface area contributed by atoms with Gasteiger partial charge in [0.1, 0.15) is 0 Å². The van der Waals surface area contributed by atoms with E-state index in [1.807, 2.05) is 31.2 Å². The van der Waals surface area contributed by atoms with Crippen LogP contribution >= 0.6 is 0 Å². The summed E-state index contributed by atoms with van der Waals surface area (Å²) in [7, 11) is 0. The first-order valence-electron chi connectivity index (χ1n) is 9.13. The first kappa shape index (κ1) is 19.2. The molecule has 3 N–H and O–H groups in total. The minimum Gasteiger partial charge on any atom is -0.355 e. The lowest BCUT2D eigenvalue weighted by Crippen LogP contribution is -2.40. The van der Waals surface area contributed by atoms with Crippen molar-refractivity contribution in [2.24, 2.45) is 5.92 Å². The van der Waals surface area contributed by atoms with Gasteiger partial charge in [0.05, 0.1) is 6.54 Å². The molecule has 25 heavy (non-hydrogen) atoms. The molecular weight excluding hydrogens is 316 g/mol. The van der Waals surface area contributed by atoms with Gasteiger partial charge in [-0.25, -0.2) is 4.79 Å². The highest BCUT2D eigenvalue weighted by molar-refractivity contribution is 5.92. The molecule has 0 bridgehead atoms. The van der Waals surface area contributed by atoms with E-state index < -0.39 is 0 Å². The van der Waals surface area contributed by atoms with Crippen LogP contribution in [0.2, 0.25) is 0 Å². The quantitative estimate of drug-likeness (QED) is 0.664. The maximum absolute atomic E-state index is 11.8. The van der Waals surface area contributed by atoms with Gasteiger partial charge in [-0.05, 0) is 62.9 Å². The molecule has 3 amide bonds. The standard InChI is InChI=1S/C19H30N4O2/c1-15-6-3-8-17(12-15)22-19(25)21-13-18(24)20-9-5-11-23-10-4-7-16(2)14-23/h3,6,8,12,16H,4-5,7,9-11,13-14H2,1-2H3,(H,20,24)(H2,21,22,25).